The molecule has 3 heteroatoms. The molecule has 3 nitrogen and oxygen atoms in total. The van der Waals surface area contributed by atoms with Gasteiger partial charge in [-0.25, -0.2) is 0 Å². The Morgan fingerprint density at radius 2 is 2.06 bits per heavy atom. The van der Waals surface area contributed by atoms with Crippen molar-refractivity contribution in [1.82, 2.24) is 4.90 Å². The summed E-state index contributed by atoms with van der Waals surface area (Å²) in [6.45, 7) is 2.10. The molecule has 0 atom stereocenters. The lowest BCUT2D eigenvalue weighted by Gasteiger charge is -2.13. The number of phenols is 1. The number of aryl methyl sites for hydroxylation is 1. The standard InChI is InChI=1S/C13H19NO2/c1-4-5-7-10-8-6-9-11(12(10)15)13(16)14(2)3/h6,8-9,15H,4-5,7H2,1-3H3. The second-order valence-corrected chi connectivity index (χ2v) is 4.12. The molecule has 16 heavy (non-hydrogen) atoms. The molecular weight excluding hydrogens is 202 g/mol. The van der Waals surface area contributed by atoms with Crippen LogP contribution in [-0.2, 0) is 6.42 Å². The Bertz CT molecular complexity index is 372. The number of carbonyl (C=O) groups is 1. The van der Waals surface area contributed by atoms with Crippen LogP contribution < -0.4 is 0 Å². The van der Waals surface area contributed by atoms with Gasteiger partial charge in [0.05, 0.1) is 5.56 Å². The van der Waals surface area contributed by atoms with Crippen LogP contribution in [-0.4, -0.2) is 30.0 Å². The van der Waals surface area contributed by atoms with Crippen LogP contribution in [0.25, 0.3) is 0 Å². The SMILES string of the molecule is CCCCc1cccc(C(=O)N(C)C)c1O. The van der Waals surface area contributed by atoms with E-state index in [4.69, 9.17) is 0 Å². The fourth-order valence-electron chi connectivity index (χ4n) is 1.57. The molecule has 0 saturated heterocycles. The summed E-state index contributed by atoms with van der Waals surface area (Å²) in [5.41, 5.74) is 1.24. The number of phenolic OH excluding ortho intramolecular Hbond substituents is 1. The number of rotatable bonds is 4. The average Bonchev–Trinajstić information content (AvgIpc) is 2.26. The summed E-state index contributed by atoms with van der Waals surface area (Å²) < 4.78 is 0. The maximum Gasteiger partial charge on any atom is 0.257 e. The third-order valence-electron chi connectivity index (χ3n) is 2.56. The average molecular weight is 221 g/mol. The minimum Gasteiger partial charge on any atom is -0.507 e. The molecule has 0 saturated carbocycles. The number of nitrogens with zero attached hydrogens (tertiary/aromatic N) is 1. The Balaban J connectivity index is 2.99. The third kappa shape index (κ3) is 2.75. The molecule has 1 N–H and O–H groups in total. The molecule has 0 aliphatic rings. The fraction of sp³-hybridized carbons (Fsp3) is 0.462. The second kappa shape index (κ2) is 5.54. The molecule has 0 aliphatic heterocycles. The zero-order valence-electron chi connectivity index (χ0n) is 10.2. The van der Waals surface area contributed by atoms with Gasteiger partial charge in [-0.1, -0.05) is 25.5 Å². The number of amides is 1. The molecule has 88 valence electrons. The molecule has 0 spiro atoms. The summed E-state index contributed by atoms with van der Waals surface area (Å²) in [7, 11) is 3.36. The van der Waals surface area contributed by atoms with Crippen LogP contribution in [0, 0.1) is 0 Å². The lowest BCUT2D eigenvalue weighted by molar-refractivity contribution is 0.0824. The van der Waals surface area contributed by atoms with Gasteiger partial charge in [-0.05, 0) is 24.5 Å². The van der Waals surface area contributed by atoms with Gasteiger partial charge in [0.25, 0.3) is 5.91 Å². The van der Waals surface area contributed by atoms with E-state index in [1.54, 1.807) is 20.2 Å². The zero-order chi connectivity index (χ0) is 12.1. The van der Waals surface area contributed by atoms with Gasteiger partial charge in [-0.2, -0.15) is 0 Å². The van der Waals surface area contributed by atoms with Crippen molar-refractivity contribution in [2.75, 3.05) is 14.1 Å². The highest BCUT2D eigenvalue weighted by Gasteiger charge is 2.15. The van der Waals surface area contributed by atoms with E-state index in [0.717, 1.165) is 24.8 Å². The molecule has 0 heterocycles. The normalized spacial score (nSPS) is 10.2. The molecular formula is C13H19NO2. The first-order valence-corrected chi connectivity index (χ1v) is 5.60. The van der Waals surface area contributed by atoms with Crippen LogP contribution in [0.4, 0.5) is 0 Å². The highest BCUT2D eigenvalue weighted by atomic mass is 16.3. The van der Waals surface area contributed by atoms with E-state index in [0.29, 0.717) is 5.56 Å². The van der Waals surface area contributed by atoms with Crippen LogP contribution in [0.3, 0.4) is 0 Å². The smallest absolute Gasteiger partial charge is 0.257 e. The number of para-hydroxylation sites is 1. The molecule has 0 aromatic heterocycles. The van der Waals surface area contributed by atoms with Gasteiger partial charge in [-0.15, -0.1) is 0 Å². The monoisotopic (exact) mass is 221 g/mol. The third-order valence-corrected chi connectivity index (χ3v) is 2.56. The molecule has 0 unspecified atom stereocenters. The number of unbranched alkanes of at least 4 members (excludes halogenated alkanes) is 1. The predicted molar refractivity (Wildman–Crippen MR) is 64.7 cm³/mol. The first-order chi connectivity index (χ1) is 7.57. The lowest BCUT2D eigenvalue weighted by atomic mass is 10.0. The van der Waals surface area contributed by atoms with Crippen molar-refractivity contribution >= 4 is 5.91 Å². The van der Waals surface area contributed by atoms with Gasteiger partial charge < -0.3 is 10.0 Å². The Morgan fingerprint density at radius 1 is 1.38 bits per heavy atom. The van der Waals surface area contributed by atoms with E-state index >= 15 is 0 Å². The number of aromatic hydroxyl groups is 1. The van der Waals surface area contributed by atoms with Gasteiger partial charge in [0, 0.05) is 14.1 Å². The number of benzene rings is 1. The highest BCUT2D eigenvalue weighted by Crippen LogP contribution is 2.24. The van der Waals surface area contributed by atoms with E-state index in [1.807, 2.05) is 12.1 Å². The van der Waals surface area contributed by atoms with Gasteiger partial charge >= 0.3 is 0 Å². The molecule has 1 aromatic carbocycles. The predicted octanol–water partition coefficient (Wildman–Crippen LogP) is 2.44. The summed E-state index contributed by atoms with van der Waals surface area (Å²) in [6, 6.07) is 5.35. The summed E-state index contributed by atoms with van der Waals surface area (Å²) in [4.78, 5) is 13.2. The van der Waals surface area contributed by atoms with Crippen molar-refractivity contribution in [2.24, 2.45) is 0 Å². The van der Waals surface area contributed by atoms with Gasteiger partial charge in [0.15, 0.2) is 0 Å². The highest BCUT2D eigenvalue weighted by molar-refractivity contribution is 5.96. The summed E-state index contributed by atoms with van der Waals surface area (Å²) in [6.07, 6.45) is 2.91. The van der Waals surface area contributed by atoms with E-state index < -0.39 is 0 Å². The van der Waals surface area contributed by atoms with Gasteiger partial charge in [0.2, 0.25) is 0 Å². The maximum absolute atomic E-state index is 11.8. The van der Waals surface area contributed by atoms with E-state index in [1.165, 1.54) is 4.90 Å². The van der Waals surface area contributed by atoms with Gasteiger partial charge in [0.1, 0.15) is 5.75 Å². The quantitative estimate of drug-likeness (QED) is 0.848. The first-order valence-electron chi connectivity index (χ1n) is 5.60. The lowest BCUT2D eigenvalue weighted by Crippen LogP contribution is -2.21. The van der Waals surface area contributed by atoms with Crippen LogP contribution in [0.15, 0.2) is 18.2 Å². The Kier molecular flexibility index (Phi) is 4.35. The molecule has 0 bridgehead atoms. The van der Waals surface area contributed by atoms with Crippen LogP contribution >= 0.6 is 0 Å². The molecule has 1 amide bonds. The minimum absolute atomic E-state index is 0.134. The van der Waals surface area contributed by atoms with Crippen molar-refractivity contribution in [1.29, 1.82) is 0 Å². The summed E-state index contributed by atoms with van der Waals surface area (Å²) >= 11 is 0. The number of hydrogen-bond acceptors (Lipinski definition) is 2. The molecule has 0 fully saturated rings. The number of hydrogen-bond donors (Lipinski definition) is 1. The van der Waals surface area contributed by atoms with Gasteiger partial charge in [-0.3, -0.25) is 4.79 Å². The Hall–Kier alpha value is -1.51. The van der Waals surface area contributed by atoms with Crippen molar-refractivity contribution in [3.05, 3.63) is 29.3 Å². The first kappa shape index (κ1) is 12.6. The molecule has 1 aromatic rings. The van der Waals surface area contributed by atoms with Crippen molar-refractivity contribution < 1.29 is 9.90 Å². The molecule has 0 radical (unpaired) electrons. The molecule has 1 rings (SSSR count). The topological polar surface area (TPSA) is 40.5 Å². The van der Waals surface area contributed by atoms with E-state index in [9.17, 15) is 9.90 Å². The van der Waals surface area contributed by atoms with Crippen molar-refractivity contribution in [3.63, 3.8) is 0 Å². The second-order valence-electron chi connectivity index (χ2n) is 4.12. The Labute approximate surface area is 96.7 Å². The number of carbonyl (C=O) groups excluding carboxylic acids is 1. The largest absolute Gasteiger partial charge is 0.507 e. The van der Waals surface area contributed by atoms with E-state index in [-0.39, 0.29) is 11.7 Å². The van der Waals surface area contributed by atoms with Crippen LogP contribution in [0.5, 0.6) is 5.75 Å². The van der Waals surface area contributed by atoms with Crippen molar-refractivity contribution in [3.8, 4) is 5.75 Å². The van der Waals surface area contributed by atoms with Crippen molar-refractivity contribution in [2.45, 2.75) is 26.2 Å². The van der Waals surface area contributed by atoms with E-state index in [2.05, 4.69) is 6.92 Å². The summed E-state index contributed by atoms with van der Waals surface area (Å²) in [5.74, 6) is -0.0227. The van der Waals surface area contributed by atoms with Crippen LogP contribution in [0.2, 0.25) is 0 Å². The Morgan fingerprint density at radius 3 is 2.62 bits per heavy atom. The summed E-state index contributed by atoms with van der Waals surface area (Å²) in [5, 5.41) is 9.99. The minimum atomic E-state index is -0.157. The van der Waals surface area contributed by atoms with Crippen LogP contribution in [0.1, 0.15) is 35.7 Å². The molecule has 0 aliphatic carbocycles. The zero-order valence-corrected chi connectivity index (χ0v) is 10.2. The fourth-order valence-corrected chi connectivity index (χ4v) is 1.57. The maximum atomic E-state index is 11.8.